The van der Waals surface area contributed by atoms with Gasteiger partial charge in [0.15, 0.2) is 18.9 Å². The second kappa shape index (κ2) is 11.7. The van der Waals surface area contributed by atoms with Crippen molar-refractivity contribution in [3.8, 4) is 5.75 Å². The molecule has 0 bridgehead atoms. The van der Waals surface area contributed by atoms with Crippen LogP contribution in [0.1, 0.15) is 65.1 Å². The van der Waals surface area contributed by atoms with Gasteiger partial charge in [-0.3, -0.25) is 14.7 Å². The first-order valence-electron chi connectivity index (χ1n) is 12.3. The lowest BCUT2D eigenvalue weighted by Crippen LogP contribution is -2.50. The van der Waals surface area contributed by atoms with Crippen molar-refractivity contribution < 1.29 is 18.8 Å². The Hall–Kier alpha value is -3.13. The van der Waals surface area contributed by atoms with E-state index in [1.54, 1.807) is 26.1 Å². The van der Waals surface area contributed by atoms with Gasteiger partial charge in [0.05, 0.1) is 11.9 Å². The SMILES string of the molecule is C=N/C(=N\OCN1CCC2(CCc3cc(/C(C)=C/C(F)=C(C=O)\C=C/C)ncc3O2)CC1)C(C)(C)C. The maximum atomic E-state index is 14.4. The van der Waals surface area contributed by atoms with Crippen LogP contribution >= 0.6 is 0 Å². The fraction of sp³-hybridized carbons (Fsp3) is 0.500. The van der Waals surface area contributed by atoms with Crippen molar-refractivity contribution in [2.24, 2.45) is 15.6 Å². The topological polar surface area (TPSA) is 76.4 Å². The molecule has 8 heteroatoms. The molecule has 7 nitrogen and oxygen atoms in total. The zero-order valence-electron chi connectivity index (χ0n) is 22.0. The number of likely N-dealkylation sites (tertiary alicyclic amines) is 1. The first-order valence-corrected chi connectivity index (χ1v) is 12.3. The van der Waals surface area contributed by atoms with Gasteiger partial charge in [-0.25, -0.2) is 9.38 Å². The molecule has 1 aromatic rings. The van der Waals surface area contributed by atoms with Crippen LogP contribution in [0.25, 0.3) is 5.57 Å². The maximum absolute atomic E-state index is 14.4. The second-order valence-electron chi connectivity index (χ2n) is 10.4. The van der Waals surface area contributed by atoms with Gasteiger partial charge in [-0.05, 0) is 69.5 Å². The Kier molecular flexibility index (Phi) is 8.95. The van der Waals surface area contributed by atoms with Gasteiger partial charge in [0.1, 0.15) is 17.2 Å². The second-order valence-corrected chi connectivity index (χ2v) is 10.4. The largest absolute Gasteiger partial charge is 0.485 e. The third-order valence-electron chi connectivity index (χ3n) is 6.60. The summed E-state index contributed by atoms with van der Waals surface area (Å²) in [5, 5.41) is 4.16. The molecule has 2 aliphatic heterocycles. The normalized spacial score (nSPS) is 19.5. The first kappa shape index (κ1) is 27.5. The Bertz CT molecular complexity index is 1090. The van der Waals surface area contributed by atoms with E-state index in [0.29, 0.717) is 30.1 Å². The number of aliphatic imine (C=N–C) groups is 1. The number of pyridine rings is 1. The van der Waals surface area contributed by atoms with Gasteiger partial charge in [-0.15, -0.1) is 0 Å². The molecule has 3 heterocycles. The van der Waals surface area contributed by atoms with Crippen molar-refractivity contribution in [2.45, 2.75) is 65.9 Å². The summed E-state index contributed by atoms with van der Waals surface area (Å²) < 4.78 is 20.9. The Labute approximate surface area is 213 Å². The number of aryl methyl sites for hydroxylation is 1. The number of halogens is 1. The first-order chi connectivity index (χ1) is 17.1. The number of carbonyl (C=O) groups is 1. The van der Waals surface area contributed by atoms with Gasteiger partial charge < -0.3 is 9.57 Å². The van der Waals surface area contributed by atoms with Crippen molar-refractivity contribution in [3.05, 3.63) is 53.1 Å². The number of aldehydes is 1. The van der Waals surface area contributed by atoms with Gasteiger partial charge in [-0.1, -0.05) is 38.1 Å². The van der Waals surface area contributed by atoms with E-state index >= 15 is 0 Å². The minimum atomic E-state index is -0.577. The highest BCUT2D eigenvalue weighted by molar-refractivity contribution is 5.90. The van der Waals surface area contributed by atoms with Gasteiger partial charge >= 0.3 is 0 Å². The monoisotopic (exact) mass is 496 g/mol. The zero-order chi connectivity index (χ0) is 26.3. The number of allylic oxidation sites excluding steroid dienone is 6. The number of hydrogen-bond acceptors (Lipinski definition) is 6. The molecule has 0 aliphatic carbocycles. The van der Waals surface area contributed by atoms with Crippen LogP contribution in [0.15, 0.2) is 52.0 Å². The van der Waals surface area contributed by atoms with Gasteiger partial charge in [0.25, 0.3) is 0 Å². The zero-order valence-corrected chi connectivity index (χ0v) is 22.0. The van der Waals surface area contributed by atoms with E-state index < -0.39 is 5.83 Å². The summed E-state index contributed by atoms with van der Waals surface area (Å²) in [6, 6.07) is 1.96. The van der Waals surface area contributed by atoms with Crippen molar-refractivity contribution >= 4 is 24.4 Å². The van der Waals surface area contributed by atoms with Crippen LogP contribution < -0.4 is 4.74 Å². The molecule has 36 heavy (non-hydrogen) atoms. The minimum Gasteiger partial charge on any atom is -0.485 e. The number of ether oxygens (including phenoxy) is 1. The number of hydrogen-bond donors (Lipinski definition) is 0. The molecule has 0 aromatic carbocycles. The summed E-state index contributed by atoms with van der Waals surface area (Å²) in [4.78, 5) is 27.4. The molecule has 1 spiro atoms. The number of oxime groups is 1. The average Bonchev–Trinajstić information content (AvgIpc) is 2.85. The number of amidine groups is 1. The van der Waals surface area contributed by atoms with Crippen LogP contribution in [0.3, 0.4) is 0 Å². The highest BCUT2D eigenvalue weighted by Crippen LogP contribution is 2.39. The molecule has 1 fully saturated rings. The fourth-order valence-electron chi connectivity index (χ4n) is 4.35. The Morgan fingerprint density at radius 2 is 2.06 bits per heavy atom. The van der Waals surface area contributed by atoms with E-state index in [4.69, 9.17) is 9.57 Å². The molecular formula is C28H37FN4O3. The molecule has 0 atom stereocenters. The summed E-state index contributed by atoms with van der Waals surface area (Å²) in [5.74, 6) is 0.797. The van der Waals surface area contributed by atoms with Crippen LogP contribution in [0.4, 0.5) is 4.39 Å². The molecular weight excluding hydrogens is 459 g/mol. The van der Waals surface area contributed by atoms with Crippen molar-refractivity contribution in [2.75, 3.05) is 19.8 Å². The maximum Gasteiger partial charge on any atom is 0.172 e. The molecule has 194 valence electrons. The highest BCUT2D eigenvalue weighted by atomic mass is 19.1. The van der Waals surface area contributed by atoms with E-state index in [1.807, 2.05) is 26.8 Å². The van der Waals surface area contributed by atoms with Crippen molar-refractivity contribution in [1.29, 1.82) is 0 Å². The number of aromatic nitrogens is 1. The number of fused-ring (bicyclic) bond motifs is 1. The lowest BCUT2D eigenvalue weighted by Gasteiger charge is -2.44. The minimum absolute atomic E-state index is 0.00986. The third-order valence-corrected chi connectivity index (χ3v) is 6.60. The number of rotatable bonds is 7. The number of piperidine rings is 1. The molecule has 0 unspecified atom stereocenters. The van der Waals surface area contributed by atoms with Crippen LogP contribution in [0, 0.1) is 5.41 Å². The predicted octanol–water partition coefficient (Wildman–Crippen LogP) is 5.68. The number of carbonyl (C=O) groups excluding carboxylic acids is 1. The standard InChI is InChI=1S/C28H37FN4O3/c1-7-8-22(18-34)23(29)15-20(2)24-16-21-9-10-28(36-25(21)17-31-24)11-13-33(14-12-28)19-35-32-26(30-6)27(3,4)5/h7-8,15-18H,6,9-14,19H2,1-5H3/b8-7-,20-15+,23-22-,32-26-. The predicted molar refractivity (Wildman–Crippen MR) is 142 cm³/mol. The van der Waals surface area contributed by atoms with Crippen LogP contribution in [-0.2, 0) is 16.1 Å². The van der Waals surface area contributed by atoms with Crippen LogP contribution in [0.2, 0.25) is 0 Å². The van der Waals surface area contributed by atoms with Gasteiger partial charge in [-0.2, -0.15) is 0 Å². The van der Waals surface area contributed by atoms with Crippen LogP contribution in [0.5, 0.6) is 5.75 Å². The summed E-state index contributed by atoms with van der Waals surface area (Å²) >= 11 is 0. The quantitative estimate of drug-likeness (QED) is 0.121. The summed E-state index contributed by atoms with van der Waals surface area (Å²) in [7, 11) is 0. The van der Waals surface area contributed by atoms with E-state index in [9.17, 15) is 9.18 Å². The number of nitrogens with zero attached hydrogens (tertiary/aromatic N) is 4. The highest BCUT2D eigenvalue weighted by Gasteiger charge is 2.39. The Morgan fingerprint density at radius 3 is 2.67 bits per heavy atom. The Morgan fingerprint density at radius 1 is 1.33 bits per heavy atom. The lowest BCUT2D eigenvalue weighted by atomic mass is 9.83. The molecule has 0 N–H and O–H groups in total. The summed E-state index contributed by atoms with van der Waals surface area (Å²) in [6.07, 6.45) is 10.2. The molecule has 0 radical (unpaired) electrons. The third kappa shape index (κ3) is 6.75. The van der Waals surface area contributed by atoms with Gasteiger partial charge in [0.2, 0.25) is 0 Å². The van der Waals surface area contributed by atoms with E-state index in [2.05, 4.69) is 26.7 Å². The van der Waals surface area contributed by atoms with E-state index in [-0.39, 0.29) is 16.6 Å². The van der Waals surface area contributed by atoms with Crippen LogP contribution in [-0.4, -0.2) is 54.1 Å². The molecule has 0 saturated carbocycles. The van der Waals surface area contributed by atoms with Gasteiger partial charge in [0, 0.05) is 24.1 Å². The molecule has 1 saturated heterocycles. The van der Waals surface area contributed by atoms with Crippen molar-refractivity contribution in [1.82, 2.24) is 9.88 Å². The Balaban J connectivity index is 1.62. The molecule has 1 aromatic heterocycles. The molecule has 3 rings (SSSR count). The summed E-state index contributed by atoms with van der Waals surface area (Å²) in [5.41, 5.74) is 1.98. The molecule has 2 aliphatic rings. The lowest BCUT2D eigenvalue weighted by molar-refractivity contribution is -0.104. The van der Waals surface area contributed by atoms with Crippen molar-refractivity contribution in [3.63, 3.8) is 0 Å². The van der Waals surface area contributed by atoms with E-state index in [1.165, 1.54) is 12.2 Å². The molecule has 0 amide bonds. The van der Waals surface area contributed by atoms with E-state index in [0.717, 1.165) is 50.1 Å². The smallest absolute Gasteiger partial charge is 0.172 e. The average molecular weight is 497 g/mol. The summed E-state index contributed by atoms with van der Waals surface area (Å²) in [6.45, 7) is 15.3. The fourth-order valence-corrected chi connectivity index (χ4v) is 4.35.